The molecular formula is C18H21NO3. The number of carbonyl (C=O) groups excluding carboxylic acids is 1. The molecule has 0 aromatic heterocycles. The maximum absolute atomic E-state index is 11.9. The van der Waals surface area contributed by atoms with Gasteiger partial charge in [-0.1, -0.05) is 36.4 Å². The van der Waals surface area contributed by atoms with Gasteiger partial charge in [0, 0.05) is 0 Å². The molecule has 0 unspecified atom stereocenters. The van der Waals surface area contributed by atoms with Gasteiger partial charge >= 0.3 is 6.09 Å². The van der Waals surface area contributed by atoms with E-state index >= 15 is 0 Å². The Morgan fingerprint density at radius 3 is 2.27 bits per heavy atom. The molecule has 0 fully saturated rings. The molecule has 0 heterocycles. The standard InChI is InChI=1S/C18H21NO3/c1-18(2,3)22-17(20)19-15-11-10-14(12-16(15)21-4)13-8-6-5-7-9-13/h5-12H,1-4H3,(H,19,20). The highest BCUT2D eigenvalue weighted by Crippen LogP contribution is 2.31. The monoisotopic (exact) mass is 299 g/mol. The summed E-state index contributed by atoms with van der Waals surface area (Å²) in [6, 6.07) is 15.6. The minimum absolute atomic E-state index is 0.502. The van der Waals surface area contributed by atoms with E-state index in [2.05, 4.69) is 5.32 Å². The van der Waals surface area contributed by atoms with E-state index in [0.717, 1.165) is 11.1 Å². The molecule has 2 aromatic rings. The maximum atomic E-state index is 11.9. The van der Waals surface area contributed by atoms with Crippen molar-refractivity contribution in [3.63, 3.8) is 0 Å². The number of amides is 1. The van der Waals surface area contributed by atoms with Crippen molar-refractivity contribution in [1.29, 1.82) is 0 Å². The summed E-state index contributed by atoms with van der Waals surface area (Å²) >= 11 is 0. The summed E-state index contributed by atoms with van der Waals surface area (Å²) in [7, 11) is 1.57. The fourth-order valence-electron chi connectivity index (χ4n) is 2.02. The third-order valence-electron chi connectivity index (χ3n) is 2.94. The second-order valence-corrected chi connectivity index (χ2v) is 5.91. The molecule has 0 saturated carbocycles. The van der Waals surface area contributed by atoms with Crippen LogP contribution in [0.15, 0.2) is 48.5 Å². The van der Waals surface area contributed by atoms with Crippen molar-refractivity contribution >= 4 is 11.8 Å². The number of hydrogen-bond acceptors (Lipinski definition) is 3. The summed E-state index contributed by atoms with van der Waals surface area (Å²) in [5.41, 5.74) is 2.15. The van der Waals surface area contributed by atoms with Crippen LogP contribution in [0.2, 0.25) is 0 Å². The number of nitrogens with one attached hydrogen (secondary N) is 1. The summed E-state index contributed by atoms with van der Waals surface area (Å²) in [4.78, 5) is 11.9. The Hall–Kier alpha value is -2.49. The van der Waals surface area contributed by atoms with Gasteiger partial charge in [0.1, 0.15) is 11.4 Å². The molecule has 0 radical (unpaired) electrons. The molecule has 116 valence electrons. The predicted molar refractivity (Wildman–Crippen MR) is 88.3 cm³/mol. The van der Waals surface area contributed by atoms with Crippen LogP contribution in [0.25, 0.3) is 11.1 Å². The van der Waals surface area contributed by atoms with Crippen molar-refractivity contribution in [3.8, 4) is 16.9 Å². The Labute approximate surface area is 131 Å². The summed E-state index contributed by atoms with van der Waals surface area (Å²) in [6.45, 7) is 5.47. The summed E-state index contributed by atoms with van der Waals surface area (Å²) < 4.78 is 10.6. The van der Waals surface area contributed by atoms with Crippen LogP contribution in [0.4, 0.5) is 10.5 Å². The number of rotatable bonds is 3. The highest BCUT2D eigenvalue weighted by atomic mass is 16.6. The zero-order valence-corrected chi connectivity index (χ0v) is 13.3. The molecule has 0 bridgehead atoms. The predicted octanol–water partition coefficient (Wildman–Crippen LogP) is 4.71. The van der Waals surface area contributed by atoms with Crippen molar-refractivity contribution in [2.24, 2.45) is 0 Å². The molecule has 0 aliphatic carbocycles. The molecule has 1 amide bonds. The minimum Gasteiger partial charge on any atom is -0.495 e. The largest absolute Gasteiger partial charge is 0.495 e. The van der Waals surface area contributed by atoms with Gasteiger partial charge in [-0.15, -0.1) is 0 Å². The first-order valence-electron chi connectivity index (χ1n) is 7.12. The molecule has 4 heteroatoms. The van der Waals surface area contributed by atoms with Gasteiger partial charge < -0.3 is 9.47 Å². The Bertz CT molecular complexity index is 645. The average molecular weight is 299 g/mol. The SMILES string of the molecule is COc1cc(-c2ccccc2)ccc1NC(=O)OC(C)(C)C. The van der Waals surface area contributed by atoms with E-state index in [9.17, 15) is 4.79 Å². The lowest BCUT2D eigenvalue weighted by atomic mass is 10.1. The smallest absolute Gasteiger partial charge is 0.412 e. The maximum Gasteiger partial charge on any atom is 0.412 e. The number of ether oxygens (including phenoxy) is 2. The van der Waals surface area contributed by atoms with Crippen molar-refractivity contribution < 1.29 is 14.3 Å². The Morgan fingerprint density at radius 1 is 1.00 bits per heavy atom. The van der Waals surface area contributed by atoms with Crippen LogP contribution in [-0.4, -0.2) is 18.8 Å². The first kappa shape index (κ1) is 15.9. The average Bonchev–Trinajstić information content (AvgIpc) is 2.46. The Kier molecular flexibility index (Phi) is 4.71. The Balaban J connectivity index is 2.22. The third-order valence-corrected chi connectivity index (χ3v) is 2.94. The van der Waals surface area contributed by atoms with Crippen LogP contribution in [0, 0.1) is 0 Å². The van der Waals surface area contributed by atoms with E-state index in [1.165, 1.54) is 0 Å². The van der Waals surface area contributed by atoms with Gasteiger partial charge in [0.2, 0.25) is 0 Å². The van der Waals surface area contributed by atoms with Gasteiger partial charge in [-0.05, 0) is 44.0 Å². The lowest BCUT2D eigenvalue weighted by Crippen LogP contribution is -2.27. The molecule has 22 heavy (non-hydrogen) atoms. The summed E-state index contributed by atoms with van der Waals surface area (Å²) in [5.74, 6) is 0.590. The van der Waals surface area contributed by atoms with E-state index in [1.54, 1.807) is 7.11 Å². The normalized spacial score (nSPS) is 10.9. The van der Waals surface area contributed by atoms with Crippen LogP contribution in [0.3, 0.4) is 0 Å². The van der Waals surface area contributed by atoms with Crippen LogP contribution in [0.5, 0.6) is 5.75 Å². The first-order valence-corrected chi connectivity index (χ1v) is 7.12. The summed E-state index contributed by atoms with van der Waals surface area (Å²) in [6.07, 6.45) is -0.502. The number of hydrogen-bond donors (Lipinski definition) is 1. The van der Waals surface area contributed by atoms with Gasteiger partial charge in [-0.2, -0.15) is 0 Å². The quantitative estimate of drug-likeness (QED) is 0.893. The molecule has 4 nitrogen and oxygen atoms in total. The number of benzene rings is 2. The van der Waals surface area contributed by atoms with Crippen molar-refractivity contribution in [2.45, 2.75) is 26.4 Å². The van der Waals surface area contributed by atoms with Crippen molar-refractivity contribution in [3.05, 3.63) is 48.5 Å². The van der Waals surface area contributed by atoms with Gasteiger partial charge in [-0.25, -0.2) is 4.79 Å². The van der Waals surface area contributed by atoms with E-state index in [4.69, 9.17) is 9.47 Å². The second-order valence-electron chi connectivity index (χ2n) is 5.91. The van der Waals surface area contributed by atoms with Gasteiger partial charge in [0.25, 0.3) is 0 Å². The van der Waals surface area contributed by atoms with E-state index in [1.807, 2.05) is 69.3 Å². The molecule has 0 aliphatic rings. The van der Waals surface area contributed by atoms with Gasteiger partial charge in [0.05, 0.1) is 12.8 Å². The highest BCUT2D eigenvalue weighted by molar-refractivity contribution is 5.88. The fraction of sp³-hybridized carbons (Fsp3) is 0.278. The van der Waals surface area contributed by atoms with Crippen LogP contribution >= 0.6 is 0 Å². The van der Waals surface area contributed by atoms with E-state index in [0.29, 0.717) is 11.4 Å². The molecule has 2 rings (SSSR count). The molecule has 2 aromatic carbocycles. The van der Waals surface area contributed by atoms with Crippen molar-refractivity contribution in [1.82, 2.24) is 0 Å². The van der Waals surface area contributed by atoms with E-state index < -0.39 is 11.7 Å². The topological polar surface area (TPSA) is 47.6 Å². The molecule has 1 N–H and O–H groups in total. The minimum atomic E-state index is -0.540. The van der Waals surface area contributed by atoms with Crippen LogP contribution in [0.1, 0.15) is 20.8 Å². The molecule has 0 aliphatic heterocycles. The lowest BCUT2D eigenvalue weighted by molar-refractivity contribution is 0.0635. The van der Waals surface area contributed by atoms with Crippen LogP contribution in [-0.2, 0) is 4.74 Å². The molecular weight excluding hydrogens is 278 g/mol. The number of methoxy groups -OCH3 is 1. The molecule has 0 saturated heterocycles. The van der Waals surface area contributed by atoms with E-state index in [-0.39, 0.29) is 0 Å². The highest BCUT2D eigenvalue weighted by Gasteiger charge is 2.17. The van der Waals surface area contributed by atoms with Crippen LogP contribution < -0.4 is 10.1 Å². The molecule has 0 spiro atoms. The third kappa shape index (κ3) is 4.25. The molecule has 0 atom stereocenters. The van der Waals surface area contributed by atoms with Gasteiger partial charge in [-0.3, -0.25) is 5.32 Å². The summed E-state index contributed by atoms with van der Waals surface area (Å²) in [5, 5.41) is 2.71. The Morgan fingerprint density at radius 2 is 1.68 bits per heavy atom. The zero-order valence-electron chi connectivity index (χ0n) is 13.3. The number of carbonyl (C=O) groups is 1. The second kappa shape index (κ2) is 6.52. The van der Waals surface area contributed by atoms with Gasteiger partial charge in [0.15, 0.2) is 0 Å². The fourth-order valence-corrected chi connectivity index (χ4v) is 2.02. The lowest BCUT2D eigenvalue weighted by Gasteiger charge is -2.20. The zero-order chi connectivity index (χ0) is 16.2. The first-order chi connectivity index (χ1) is 10.4. The number of anilines is 1. The van der Waals surface area contributed by atoms with Crippen molar-refractivity contribution in [2.75, 3.05) is 12.4 Å².